The third-order valence-electron chi connectivity index (χ3n) is 1.90. The first-order chi connectivity index (χ1) is 4.88. The molecule has 0 aromatic rings. The van der Waals surface area contributed by atoms with E-state index < -0.39 is 0 Å². The first kappa shape index (κ1) is 8.11. The molecule has 3 heteroatoms. The minimum Gasteiger partial charge on any atom is -0.264 e. The Hall–Kier alpha value is 0.01000. The Kier molecular flexibility index (Phi) is 3.25. The van der Waals surface area contributed by atoms with Gasteiger partial charge in [0, 0.05) is 24.7 Å². The molecule has 0 aromatic heterocycles. The van der Waals surface area contributed by atoms with Crippen LogP contribution >= 0.6 is 12.1 Å². The molecule has 1 atom stereocenters. The van der Waals surface area contributed by atoms with Crippen LogP contribution in [-0.2, 0) is 0 Å². The molecule has 0 amide bonds. The van der Waals surface area contributed by atoms with Gasteiger partial charge in [-0.1, -0.05) is 6.08 Å². The number of hydrogen-bond acceptors (Lipinski definition) is 3. The molecule has 1 saturated heterocycles. The van der Waals surface area contributed by atoms with Crippen LogP contribution in [0.5, 0.6) is 0 Å². The quantitative estimate of drug-likeness (QED) is 0.499. The average molecular weight is 158 g/mol. The van der Waals surface area contributed by atoms with E-state index in [2.05, 4.69) is 10.9 Å². The Balaban J connectivity index is 2.34. The van der Waals surface area contributed by atoms with Crippen LogP contribution in [0.4, 0.5) is 0 Å². The van der Waals surface area contributed by atoms with E-state index in [4.69, 9.17) is 5.14 Å². The Labute approximate surface area is 66.7 Å². The van der Waals surface area contributed by atoms with Crippen molar-refractivity contribution in [3.63, 3.8) is 0 Å². The maximum absolute atomic E-state index is 5.46. The zero-order valence-electron chi connectivity index (χ0n) is 6.12. The summed E-state index contributed by atoms with van der Waals surface area (Å²) >= 11 is 1.37. The minimum absolute atomic E-state index is 0.646. The highest BCUT2D eigenvalue weighted by Crippen LogP contribution is 2.24. The van der Waals surface area contributed by atoms with Gasteiger partial charge in [0.25, 0.3) is 0 Å². The maximum atomic E-state index is 5.46. The molecule has 1 aliphatic heterocycles. The summed E-state index contributed by atoms with van der Waals surface area (Å²) in [6, 6.07) is 0.646. The fourth-order valence-corrected chi connectivity index (χ4v) is 1.97. The van der Waals surface area contributed by atoms with Crippen LogP contribution in [0.25, 0.3) is 0 Å². The smallest absolute Gasteiger partial charge is 0.0249 e. The Morgan fingerprint density at radius 3 is 3.20 bits per heavy atom. The third kappa shape index (κ3) is 1.75. The second kappa shape index (κ2) is 4.01. The van der Waals surface area contributed by atoms with Gasteiger partial charge >= 0.3 is 0 Å². The lowest BCUT2D eigenvalue weighted by Crippen LogP contribution is -2.23. The average Bonchev–Trinajstić information content (AvgIpc) is 2.36. The normalized spacial score (nSPS) is 27.1. The molecule has 0 aliphatic carbocycles. The molecule has 0 radical (unpaired) electrons. The van der Waals surface area contributed by atoms with Crippen LogP contribution in [0.3, 0.4) is 0 Å². The molecule has 0 saturated carbocycles. The van der Waals surface area contributed by atoms with Crippen LogP contribution in [0.1, 0.15) is 19.3 Å². The predicted octanol–water partition coefficient (Wildman–Crippen LogP) is 1.55. The van der Waals surface area contributed by atoms with E-state index in [0.29, 0.717) is 6.04 Å². The van der Waals surface area contributed by atoms with Crippen molar-refractivity contribution in [3.8, 4) is 0 Å². The second-order valence-corrected chi connectivity index (χ2v) is 3.25. The van der Waals surface area contributed by atoms with Gasteiger partial charge in [0.1, 0.15) is 0 Å². The minimum atomic E-state index is 0.646. The van der Waals surface area contributed by atoms with E-state index in [-0.39, 0.29) is 0 Å². The first-order valence-electron chi connectivity index (χ1n) is 3.63. The lowest BCUT2D eigenvalue weighted by Gasteiger charge is -2.18. The van der Waals surface area contributed by atoms with E-state index in [1.807, 2.05) is 6.08 Å². The van der Waals surface area contributed by atoms with Gasteiger partial charge in [-0.2, -0.15) is 0 Å². The summed E-state index contributed by atoms with van der Waals surface area (Å²) in [7, 11) is 0. The Morgan fingerprint density at radius 1 is 1.80 bits per heavy atom. The number of nitrogens with two attached hydrogens (primary N) is 1. The Bertz CT molecular complexity index is 116. The van der Waals surface area contributed by atoms with Crippen molar-refractivity contribution in [1.29, 1.82) is 0 Å². The van der Waals surface area contributed by atoms with E-state index >= 15 is 0 Å². The molecule has 2 N–H and O–H groups in total. The summed E-state index contributed by atoms with van der Waals surface area (Å²) in [5.41, 5.74) is 0. The lowest BCUT2D eigenvalue weighted by atomic mass is 10.2. The molecule has 58 valence electrons. The fraction of sp³-hybridized carbons (Fsp3) is 0.714. The maximum Gasteiger partial charge on any atom is 0.0249 e. The van der Waals surface area contributed by atoms with Crippen molar-refractivity contribution in [2.24, 2.45) is 5.14 Å². The van der Waals surface area contributed by atoms with Crippen LogP contribution in [-0.4, -0.2) is 16.9 Å². The molecule has 0 spiro atoms. The predicted molar refractivity (Wildman–Crippen MR) is 46.3 cm³/mol. The van der Waals surface area contributed by atoms with E-state index in [1.54, 1.807) is 0 Å². The molecule has 0 aromatic carbocycles. The summed E-state index contributed by atoms with van der Waals surface area (Å²) in [6.45, 7) is 4.85. The monoisotopic (exact) mass is 158 g/mol. The van der Waals surface area contributed by atoms with E-state index in [1.165, 1.54) is 25.0 Å². The second-order valence-electron chi connectivity index (χ2n) is 2.57. The third-order valence-corrected chi connectivity index (χ3v) is 2.65. The van der Waals surface area contributed by atoms with Gasteiger partial charge in [-0.3, -0.25) is 5.14 Å². The molecular formula is C7H14N2S. The van der Waals surface area contributed by atoms with Gasteiger partial charge in [0.05, 0.1) is 0 Å². The number of nitrogens with zero attached hydrogens (tertiary/aromatic N) is 1. The molecular weight excluding hydrogens is 144 g/mol. The highest BCUT2D eigenvalue weighted by molar-refractivity contribution is 7.94. The van der Waals surface area contributed by atoms with E-state index in [0.717, 1.165) is 13.0 Å². The largest absolute Gasteiger partial charge is 0.264 e. The number of hydrogen-bond donors (Lipinski definition) is 1. The SMILES string of the molecule is C=CCC1CCCN1SN. The Morgan fingerprint density at radius 2 is 2.60 bits per heavy atom. The van der Waals surface area contributed by atoms with Gasteiger partial charge in [-0.05, 0) is 19.3 Å². The fourth-order valence-electron chi connectivity index (χ4n) is 1.38. The van der Waals surface area contributed by atoms with Crippen LogP contribution in [0, 0.1) is 0 Å². The molecule has 2 nitrogen and oxygen atoms in total. The summed E-state index contributed by atoms with van der Waals surface area (Å²) in [5.74, 6) is 0. The molecule has 1 rings (SSSR count). The molecule has 1 fully saturated rings. The molecule has 1 aliphatic rings. The molecule has 10 heavy (non-hydrogen) atoms. The first-order valence-corrected chi connectivity index (χ1v) is 4.46. The number of rotatable bonds is 3. The molecule has 1 heterocycles. The van der Waals surface area contributed by atoms with Crippen LogP contribution in [0.15, 0.2) is 12.7 Å². The van der Waals surface area contributed by atoms with Crippen LogP contribution in [0.2, 0.25) is 0 Å². The topological polar surface area (TPSA) is 29.3 Å². The van der Waals surface area contributed by atoms with Crippen molar-refractivity contribution in [1.82, 2.24) is 4.31 Å². The summed E-state index contributed by atoms with van der Waals surface area (Å²) in [4.78, 5) is 0. The van der Waals surface area contributed by atoms with Gasteiger partial charge in [-0.15, -0.1) is 6.58 Å². The summed E-state index contributed by atoms with van der Waals surface area (Å²) in [5, 5.41) is 5.46. The van der Waals surface area contributed by atoms with Crippen molar-refractivity contribution < 1.29 is 0 Å². The zero-order valence-corrected chi connectivity index (χ0v) is 6.94. The molecule has 1 unspecified atom stereocenters. The highest BCUT2D eigenvalue weighted by Gasteiger charge is 2.22. The summed E-state index contributed by atoms with van der Waals surface area (Å²) < 4.78 is 2.24. The van der Waals surface area contributed by atoms with E-state index in [9.17, 15) is 0 Å². The summed E-state index contributed by atoms with van der Waals surface area (Å²) in [6.07, 6.45) is 5.60. The van der Waals surface area contributed by atoms with Gasteiger partial charge < -0.3 is 0 Å². The molecule has 0 bridgehead atoms. The lowest BCUT2D eigenvalue weighted by molar-refractivity contribution is 0.440. The van der Waals surface area contributed by atoms with Crippen molar-refractivity contribution in [2.75, 3.05) is 6.54 Å². The van der Waals surface area contributed by atoms with Crippen molar-refractivity contribution >= 4 is 12.1 Å². The van der Waals surface area contributed by atoms with Gasteiger partial charge in [0.15, 0.2) is 0 Å². The van der Waals surface area contributed by atoms with Gasteiger partial charge in [0.2, 0.25) is 0 Å². The highest BCUT2D eigenvalue weighted by atomic mass is 32.2. The van der Waals surface area contributed by atoms with Gasteiger partial charge in [-0.25, -0.2) is 4.31 Å². The zero-order chi connectivity index (χ0) is 7.40. The van der Waals surface area contributed by atoms with Crippen molar-refractivity contribution in [2.45, 2.75) is 25.3 Å². The standard InChI is InChI=1S/C7H14N2S/c1-2-4-7-5-3-6-9(7)10-8/h2,7H,1,3-6,8H2. The van der Waals surface area contributed by atoms with Crippen molar-refractivity contribution in [3.05, 3.63) is 12.7 Å². The van der Waals surface area contributed by atoms with Crippen LogP contribution < -0.4 is 5.14 Å².